The first kappa shape index (κ1) is 15.5. The van der Waals surface area contributed by atoms with E-state index in [1.807, 2.05) is 18.2 Å². The highest BCUT2D eigenvalue weighted by Crippen LogP contribution is 2.23. The highest BCUT2D eigenvalue weighted by Gasteiger charge is 2.25. The number of nitrogens with two attached hydrogens (primary N) is 1. The molecular weight excluding hydrogens is 286 g/mol. The number of hydrogen-bond donors (Lipinski definition) is 3. The Morgan fingerprint density at radius 1 is 1.19 bits per heavy atom. The molecule has 0 atom stereocenters. The summed E-state index contributed by atoms with van der Waals surface area (Å²) in [6.07, 6.45) is 0. The lowest BCUT2D eigenvalue weighted by Crippen LogP contribution is -2.42. The van der Waals surface area contributed by atoms with Gasteiger partial charge in [0.05, 0.1) is 10.7 Å². The highest BCUT2D eigenvalue weighted by atomic mass is 32.2. The van der Waals surface area contributed by atoms with E-state index in [1.54, 1.807) is 38.1 Å². The molecular formula is C15H19N3O2S. The Morgan fingerprint density at radius 2 is 1.81 bits per heavy atom. The monoisotopic (exact) mass is 305 g/mol. The summed E-state index contributed by atoms with van der Waals surface area (Å²) in [4.78, 5) is 0.236. The maximum atomic E-state index is 12.5. The van der Waals surface area contributed by atoms with Gasteiger partial charge in [0, 0.05) is 17.3 Å². The topological polar surface area (TPSA) is 96.0 Å². The van der Waals surface area contributed by atoms with Crippen LogP contribution in [0.25, 0.3) is 10.8 Å². The van der Waals surface area contributed by atoms with Crippen LogP contribution < -0.4 is 10.5 Å². The van der Waals surface area contributed by atoms with E-state index in [-0.39, 0.29) is 17.3 Å². The lowest BCUT2D eigenvalue weighted by Gasteiger charge is -2.23. The lowest BCUT2D eigenvalue weighted by atomic mass is 9.93. The molecule has 4 N–H and O–H groups in total. The number of benzene rings is 2. The number of sulfonamides is 1. The highest BCUT2D eigenvalue weighted by molar-refractivity contribution is 7.89. The number of rotatable bonds is 5. The molecule has 2 aromatic carbocycles. The van der Waals surface area contributed by atoms with Crippen LogP contribution in [0.3, 0.4) is 0 Å². The molecule has 112 valence electrons. The van der Waals surface area contributed by atoms with Crippen molar-refractivity contribution in [1.82, 2.24) is 4.72 Å². The molecule has 0 saturated heterocycles. The van der Waals surface area contributed by atoms with Crippen molar-refractivity contribution >= 4 is 26.6 Å². The van der Waals surface area contributed by atoms with Crippen molar-refractivity contribution < 1.29 is 8.42 Å². The van der Waals surface area contributed by atoms with Crippen LogP contribution in [-0.2, 0) is 10.0 Å². The average molecular weight is 305 g/mol. The molecule has 0 fully saturated rings. The third-order valence-corrected chi connectivity index (χ3v) is 4.93. The minimum atomic E-state index is -3.66. The predicted octanol–water partition coefficient (Wildman–Crippen LogP) is 2.08. The molecule has 0 saturated carbocycles. The second kappa shape index (κ2) is 5.46. The van der Waals surface area contributed by atoms with Gasteiger partial charge >= 0.3 is 0 Å². The summed E-state index contributed by atoms with van der Waals surface area (Å²) in [7, 11) is -3.66. The van der Waals surface area contributed by atoms with Crippen LogP contribution in [0.5, 0.6) is 0 Å². The van der Waals surface area contributed by atoms with Gasteiger partial charge in [0.25, 0.3) is 0 Å². The third-order valence-electron chi connectivity index (χ3n) is 3.47. The molecule has 2 rings (SSSR count). The molecule has 0 aliphatic heterocycles. The van der Waals surface area contributed by atoms with Gasteiger partial charge in [-0.15, -0.1) is 0 Å². The standard InChI is InChI=1S/C15H19N3O2S/c1-15(2,14(16)17)10-18-21(19,20)13-9-5-7-11-6-3-4-8-12(11)13/h3-9,18H,10H2,1-2H3,(H3,16,17). The molecule has 0 amide bonds. The molecule has 0 aliphatic carbocycles. The molecule has 0 aliphatic rings. The van der Waals surface area contributed by atoms with E-state index >= 15 is 0 Å². The Balaban J connectivity index is 2.37. The van der Waals surface area contributed by atoms with Crippen molar-refractivity contribution in [1.29, 1.82) is 5.41 Å². The van der Waals surface area contributed by atoms with E-state index < -0.39 is 15.4 Å². The first-order chi connectivity index (χ1) is 9.74. The molecule has 0 unspecified atom stereocenters. The van der Waals surface area contributed by atoms with E-state index in [2.05, 4.69) is 4.72 Å². The van der Waals surface area contributed by atoms with Crippen LogP contribution in [0, 0.1) is 10.8 Å². The average Bonchev–Trinajstić information content (AvgIpc) is 2.44. The predicted molar refractivity (Wildman–Crippen MR) is 84.8 cm³/mol. The van der Waals surface area contributed by atoms with Gasteiger partial charge in [-0.1, -0.05) is 50.2 Å². The Bertz CT molecular complexity index is 777. The second-order valence-electron chi connectivity index (χ2n) is 5.60. The first-order valence-corrected chi connectivity index (χ1v) is 8.04. The molecule has 21 heavy (non-hydrogen) atoms. The van der Waals surface area contributed by atoms with Crippen molar-refractivity contribution in [2.75, 3.05) is 6.54 Å². The van der Waals surface area contributed by atoms with Gasteiger partial charge in [0.15, 0.2) is 0 Å². The van der Waals surface area contributed by atoms with E-state index in [0.29, 0.717) is 5.39 Å². The van der Waals surface area contributed by atoms with Crippen LogP contribution in [0.4, 0.5) is 0 Å². The maximum Gasteiger partial charge on any atom is 0.241 e. The van der Waals surface area contributed by atoms with Gasteiger partial charge in [-0.25, -0.2) is 13.1 Å². The fraction of sp³-hybridized carbons (Fsp3) is 0.267. The maximum absolute atomic E-state index is 12.5. The minimum absolute atomic E-state index is 0.0527. The first-order valence-electron chi connectivity index (χ1n) is 6.56. The zero-order chi connectivity index (χ0) is 15.7. The van der Waals surface area contributed by atoms with Crippen LogP contribution in [0.2, 0.25) is 0 Å². The van der Waals surface area contributed by atoms with Gasteiger partial charge in [-0.3, -0.25) is 5.41 Å². The van der Waals surface area contributed by atoms with Crippen molar-refractivity contribution in [3.05, 3.63) is 42.5 Å². The zero-order valence-corrected chi connectivity index (χ0v) is 12.9. The summed E-state index contributed by atoms with van der Waals surface area (Å²) in [6.45, 7) is 3.52. The molecule has 0 spiro atoms. The van der Waals surface area contributed by atoms with Gasteiger partial charge < -0.3 is 5.73 Å². The normalized spacial score (nSPS) is 12.5. The Morgan fingerprint density at radius 3 is 2.48 bits per heavy atom. The quantitative estimate of drug-likeness (QED) is 0.583. The molecule has 5 nitrogen and oxygen atoms in total. The van der Waals surface area contributed by atoms with E-state index in [4.69, 9.17) is 11.1 Å². The van der Waals surface area contributed by atoms with Crippen LogP contribution in [-0.4, -0.2) is 20.8 Å². The Kier molecular flexibility index (Phi) is 4.02. The zero-order valence-electron chi connectivity index (χ0n) is 12.1. The number of nitrogens with one attached hydrogen (secondary N) is 2. The molecule has 0 bridgehead atoms. The molecule has 2 aromatic rings. The molecule has 6 heteroatoms. The number of hydrogen-bond acceptors (Lipinski definition) is 3. The summed E-state index contributed by atoms with van der Waals surface area (Å²) in [5.74, 6) is -0.0527. The molecule has 0 radical (unpaired) electrons. The van der Waals surface area contributed by atoms with E-state index in [9.17, 15) is 8.42 Å². The fourth-order valence-electron chi connectivity index (χ4n) is 1.88. The summed E-state index contributed by atoms with van der Waals surface area (Å²) < 4.78 is 27.5. The lowest BCUT2D eigenvalue weighted by molar-refractivity contribution is 0.493. The smallest absolute Gasteiger partial charge is 0.241 e. The van der Waals surface area contributed by atoms with E-state index in [0.717, 1.165) is 5.39 Å². The second-order valence-corrected chi connectivity index (χ2v) is 7.33. The summed E-state index contributed by atoms with van der Waals surface area (Å²) in [6, 6.07) is 12.5. The Labute approximate surface area is 124 Å². The fourth-order valence-corrected chi connectivity index (χ4v) is 3.32. The minimum Gasteiger partial charge on any atom is -0.387 e. The van der Waals surface area contributed by atoms with Crippen molar-refractivity contribution in [2.45, 2.75) is 18.7 Å². The van der Waals surface area contributed by atoms with E-state index in [1.165, 1.54) is 0 Å². The number of amidine groups is 1. The van der Waals surface area contributed by atoms with Crippen LogP contribution in [0.1, 0.15) is 13.8 Å². The molecule has 0 heterocycles. The van der Waals surface area contributed by atoms with Crippen molar-refractivity contribution in [3.63, 3.8) is 0 Å². The Hall–Kier alpha value is -1.92. The van der Waals surface area contributed by atoms with Crippen LogP contribution >= 0.6 is 0 Å². The summed E-state index contributed by atoms with van der Waals surface area (Å²) in [5, 5.41) is 9.02. The van der Waals surface area contributed by atoms with Gasteiger partial charge in [0.2, 0.25) is 10.0 Å². The van der Waals surface area contributed by atoms with Gasteiger partial charge in [-0.05, 0) is 11.5 Å². The van der Waals surface area contributed by atoms with Gasteiger partial charge in [0.1, 0.15) is 0 Å². The van der Waals surface area contributed by atoms with Crippen molar-refractivity contribution in [2.24, 2.45) is 11.1 Å². The summed E-state index contributed by atoms with van der Waals surface area (Å²) >= 11 is 0. The largest absolute Gasteiger partial charge is 0.387 e. The third kappa shape index (κ3) is 3.22. The SMILES string of the molecule is CC(C)(CNS(=O)(=O)c1cccc2ccccc12)C(=N)N. The summed E-state index contributed by atoms with van der Waals surface area (Å²) in [5.41, 5.74) is 4.75. The van der Waals surface area contributed by atoms with Gasteiger partial charge in [-0.2, -0.15) is 0 Å². The molecule has 0 aromatic heterocycles. The van der Waals surface area contributed by atoms with Crippen molar-refractivity contribution in [3.8, 4) is 0 Å². The number of fused-ring (bicyclic) bond motifs is 1. The van der Waals surface area contributed by atoms with Crippen LogP contribution in [0.15, 0.2) is 47.4 Å².